The molecule has 1 aliphatic rings. The topological polar surface area (TPSA) is 137 Å². The van der Waals surface area contributed by atoms with Gasteiger partial charge in [0.1, 0.15) is 0 Å². The van der Waals surface area contributed by atoms with Gasteiger partial charge in [-0.1, -0.05) is 6.58 Å². The Balaban J connectivity index is 2.97. The molecule has 1 rings (SSSR count). The van der Waals surface area contributed by atoms with Crippen LogP contribution in [0.1, 0.15) is 0 Å². The van der Waals surface area contributed by atoms with E-state index in [1.807, 2.05) is 0 Å². The number of carbonyl (C=O) groups excluding carboxylic acids is 4. The Kier molecular flexibility index (Phi) is 2.79. The van der Waals surface area contributed by atoms with Crippen molar-refractivity contribution in [2.45, 2.75) is 5.91 Å². The Morgan fingerprint density at radius 3 is 2.38 bits per heavy atom. The number of rotatable bonds is 3. The zero-order chi connectivity index (χ0) is 12.3. The first-order valence-corrected chi connectivity index (χ1v) is 3.87. The highest BCUT2D eigenvalue weighted by molar-refractivity contribution is 6.06. The molecule has 0 radical (unpaired) electrons. The van der Waals surface area contributed by atoms with E-state index in [2.05, 4.69) is 21.8 Å². The summed E-state index contributed by atoms with van der Waals surface area (Å²) in [6.45, 7) is 3.07. The highest BCUT2D eigenvalue weighted by atomic mass is 16.8. The number of nitrogens with two attached hydrogens (primary N) is 1. The first-order chi connectivity index (χ1) is 7.39. The molecule has 16 heavy (non-hydrogen) atoms. The maximum atomic E-state index is 11.3. The Morgan fingerprint density at radius 2 is 2.00 bits per heavy atom. The third kappa shape index (κ3) is 2.08. The molecule has 86 valence electrons. The van der Waals surface area contributed by atoms with E-state index in [1.165, 1.54) is 0 Å². The van der Waals surface area contributed by atoms with E-state index in [0.717, 1.165) is 0 Å². The Morgan fingerprint density at radius 1 is 1.38 bits per heavy atom. The van der Waals surface area contributed by atoms with E-state index >= 15 is 0 Å². The highest BCUT2D eigenvalue weighted by Crippen LogP contribution is 2.15. The minimum absolute atomic E-state index is 0.712. The largest absolute Gasteiger partial charge is 0.430 e. The quantitative estimate of drug-likeness (QED) is 0.228. The summed E-state index contributed by atoms with van der Waals surface area (Å²) in [5, 5.41) is 3.51. The second-order valence-corrected chi connectivity index (χ2v) is 2.57. The van der Waals surface area contributed by atoms with Gasteiger partial charge in [-0.05, 0) is 0 Å². The summed E-state index contributed by atoms with van der Waals surface area (Å²) in [7, 11) is 0. The van der Waals surface area contributed by atoms with Gasteiger partial charge in [-0.15, -0.1) is 0 Å². The second kappa shape index (κ2) is 3.88. The summed E-state index contributed by atoms with van der Waals surface area (Å²) in [5.41, 5.74) is 4.67. The summed E-state index contributed by atoms with van der Waals surface area (Å²) in [5.74, 6) is -4.83. The van der Waals surface area contributed by atoms with Gasteiger partial charge >= 0.3 is 29.9 Å². The Hall–Kier alpha value is -2.58. The zero-order valence-electron chi connectivity index (χ0n) is 7.81. The molecule has 0 aromatic heterocycles. The molecular weight excluding hydrogens is 222 g/mol. The van der Waals surface area contributed by atoms with Gasteiger partial charge in [0, 0.05) is 6.08 Å². The van der Waals surface area contributed by atoms with Crippen LogP contribution in [0.3, 0.4) is 0 Å². The SMILES string of the molecule is C=CC(=O)OC1(OC(N)=O)NC(=O)NC1=O. The van der Waals surface area contributed by atoms with Crippen LogP contribution in [0.25, 0.3) is 0 Å². The molecule has 9 heteroatoms. The van der Waals surface area contributed by atoms with Crippen LogP contribution in [0.5, 0.6) is 0 Å². The number of nitrogens with one attached hydrogen (secondary N) is 2. The molecular formula is C7H7N3O6. The Labute approximate surface area is 88.5 Å². The molecule has 1 fully saturated rings. The van der Waals surface area contributed by atoms with Gasteiger partial charge in [-0.25, -0.2) is 14.4 Å². The molecule has 1 aliphatic heterocycles. The first-order valence-electron chi connectivity index (χ1n) is 3.87. The summed E-state index contributed by atoms with van der Waals surface area (Å²) >= 11 is 0. The number of urea groups is 1. The van der Waals surface area contributed by atoms with E-state index in [1.54, 1.807) is 10.6 Å². The fraction of sp³-hybridized carbons (Fsp3) is 0.143. The van der Waals surface area contributed by atoms with Crippen LogP contribution in [-0.4, -0.2) is 29.9 Å². The molecule has 1 atom stereocenters. The number of imide groups is 1. The average Bonchev–Trinajstić information content (AvgIpc) is 2.40. The summed E-state index contributed by atoms with van der Waals surface area (Å²) in [6, 6.07) is -0.997. The van der Waals surface area contributed by atoms with Crippen LogP contribution < -0.4 is 16.4 Å². The van der Waals surface area contributed by atoms with Gasteiger partial charge in [0.05, 0.1) is 0 Å². The van der Waals surface area contributed by atoms with Crippen molar-refractivity contribution in [3.63, 3.8) is 0 Å². The summed E-state index contributed by atoms with van der Waals surface area (Å²) in [6.07, 6.45) is -0.696. The van der Waals surface area contributed by atoms with Gasteiger partial charge in [0.25, 0.3) is 0 Å². The van der Waals surface area contributed by atoms with E-state index in [4.69, 9.17) is 0 Å². The van der Waals surface area contributed by atoms with Crippen molar-refractivity contribution >= 4 is 24.0 Å². The molecule has 4 N–H and O–H groups in total. The van der Waals surface area contributed by atoms with Crippen molar-refractivity contribution in [2.24, 2.45) is 5.73 Å². The smallest absolute Gasteiger partial charge is 0.393 e. The van der Waals surface area contributed by atoms with Gasteiger partial charge in [0.15, 0.2) is 0 Å². The number of carbonyl (C=O) groups is 4. The first kappa shape index (κ1) is 11.5. The molecule has 0 bridgehead atoms. The molecule has 1 saturated heterocycles. The van der Waals surface area contributed by atoms with Crippen LogP contribution >= 0.6 is 0 Å². The van der Waals surface area contributed by atoms with Crippen molar-refractivity contribution in [2.75, 3.05) is 0 Å². The summed E-state index contributed by atoms with van der Waals surface area (Å²) in [4.78, 5) is 43.5. The molecule has 0 aliphatic carbocycles. The van der Waals surface area contributed by atoms with Gasteiger partial charge < -0.3 is 15.2 Å². The number of esters is 1. The molecule has 0 spiro atoms. The lowest BCUT2D eigenvalue weighted by Gasteiger charge is -2.22. The monoisotopic (exact) mass is 229 g/mol. The minimum Gasteiger partial charge on any atom is -0.393 e. The molecule has 1 unspecified atom stereocenters. The van der Waals surface area contributed by atoms with Crippen molar-refractivity contribution in [3.8, 4) is 0 Å². The van der Waals surface area contributed by atoms with Crippen molar-refractivity contribution in [1.29, 1.82) is 0 Å². The minimum atomic E-state index is -2.58. The molecule has 9 nitrogen and oxygen atoms in total. The number of hydrogen-bond acceptors (Lipinski definition) is 6. The third-order valence-corrected chi connectivity index (χ3v) is 1.46. The number of hydrogen-bond donors (Lipinski definition) is 3. The fourth-order valence-electron chi connectivity index (χ4n) is 0.912. The molecule has 4 amide bonds. The van der Waals surface area contributed by atoms with Crippen molar-refractivity contribution in [1.82, 2.24) is 10.6 Å². The molecule has 0 aromatic rings. The van der Waals surface area contributed by atoms with Gasteiger partial charge in [-0.3, -0.25) is 15.4 Å². The lowest BCUT2D eigenvalue weighted by atomic mass is 10.4. The van der Waals surface area contributed by atoms with Gasteiger partial charge in [0.2, 0.25) is 0 Å². The van der Waals surface area contributed by atoms with Crippen LogP contribution in [0.15, 0.2) is 12.7 Å². The van der Waals surface area contributed by atoms with E-state index in [9.17, 15) is 19.2 Å². The highest BCUT2D eigenvalue weighted by Gasteiger charge is 2.54. The van der Waals surface area contributed by atoms with E-state index in [0.29, 0.717) is 6.08 Å². The van der Waals surface area contributed by atoms with Crippen molar-refractivity contribution in [3.05, 3.63) is 12.7 Å². The fourth-order valence-corrected chi connectivity index (χ4v) is 0.912. The zero-order valence-corrected chi connectivity index (χ0v) is 7.81. The van der Waals surface area contributed by atoms with Crippen LogP contribution in [0, 0.1) is 0 Å². The number of amides is 4. The summed E-state index contributed by atoms with van der Waals surface area (Å²) < 4.78 is 8.68. The number of primary amides is 1. The van der Waals surface area contributed by atoms with Gasteiger partial charge in [-0.2, -0.15) is 0 Å². The van der Waals surface area contributed by atoms with Crippen molar-refractivity contribution < 1.29 is 28.7 Å². The maximum absolute atomic E-state index is 11.3. The number of ether oxygens (including phenoxy) is 2. The standard InChI is InChI=1S/C7H7N3O6/c1-2-3(11)15-7(16-5(8)13)4(12)9-6(14)10-7/h2H,1H2,(H2,8,13)(H2,9,10,12,14). The maximum Gasteiger partial charge on any atom is 0.430 e. The predicted molar refractivity (Wildman–Crippen MR) is 46.4 cm³/mol. The Bertz CT molecular complexity index is 392. The molecule has 0 saturated carbocycles. The third-order valence-electron chi connectivity index (χ3n) is 1.46. The average molecular weight is 229 g/mol. The lowest BCUT2D eigenvalue weighted by molar-refractivity contribution is -0.206. The van der Waals surface area contributed by atoms with E-state index < -0.39 is 29.9 Å². The van der Waals surface area contributed by atoms with Crippen LogP contribution in [-0.2, 0) is 19.1 Å². The lowest BCUT2D eigenvalue weighted by Crippen LogP contribution is -2.54. The normalized spacial score (nSPS) is 23.0. The predicted octanol–water partition coefficient (Wildman–Crippen LogP) is -1.70. The molecule has 1 heterocycles. The van der Waals surface area contributed by atoms with Crippen LogP contribution in [0.2, 0.25) is 0 Å². The second-order valence-electron chi connectivity index (χ2n) is 2.57. The molecule has 0 aromatic carbocycles. The van der Waals surface area contributed by atoms with E-state index in [-0.39, 0.29) is 0 Å². The van der Waals surface area contributed by atoms with Crippen LogP contribution in [0.4, 0.5) is 9.59 Å².